The fourth-order valence-electron chi connectivity index (χ4n) is 1.90. The van der Waals surface area contributed by atoms with Gasteiger partial charge >= 0.3 is 5.97 Å². The van der Waals surface area contributed by atoms with E-state index < -0.39 is 5.97 Å². The quantitative estimate of drug-likeness (QED) is 0.692. The van der Waals surface area contributed by atoms with E-state index in [-0.39, 0.29) is 6.61 Å². The van der Waals surface area contributed by atoms with Crippen LogP contribution >= 0.6 is 11.6 Å². The normalized spacial score (nSPS) is 10.2. The molecular formula is C16H16ClNO3. The molecule has 2 aromatic carbocycles. The van der Waals surface area contributed by atoms with Gasteiger partial charge in [-0.1, -0.05) is 23.2 Å². The maximum absolute atomic E-state index is 12.0. The van der Waals surface area contributed by atoms with Crippen LogP contribution in [0.4, 0.5) is 5.69 Å². The summed E-state index contributed by atoms with van der Waals surface area (Å²) in [6.07, 6.45) is 0. The summed E-state index contributed by atoms with van der Waals surface area (Å²) in [5, 5.41) is 0.331. The number of rotatable bonds is 4. The number of hydrogen-bond acceptors (Lipinski definition) is 4. The third-order valence-corrected chi connectivity index (χ3v) is 3.36. The monoisotopic (exact) mass is 305 g/mol. The van der Waals surface area contributed by atoms with E-state index in [0.29, 0.717) is 22.0 Å². The average molecular weight is 306 g/mol. The molecule has 0 amide bonds. The van der Waals surface area contributed by atoms with Crippen LogP contribution in [0.15, 0.2) is 36.4 Å². The number of esters is 1. The number of aryl methyl sites for hydroxylation is 1. The van der Waals surface area contributed by atoms with Gasteiger partial charge in [0.2, 0.25) is 0 Å². The van der Waals surface area contributed by atoms with Crippen LogP contribution in [-0.2, 0) is 11.3 Å². The highest BCUT2D eigenvalue weighted by atomic mass is 35.5. The standard InChI is InChI=1S/C16H16ClNO3/c1-10-3-6-15(20-2)12(7-10)9-21-16(19)11-4-5-14(18)13(17)8-11/h3-8H,9,18H2,1-2H3. The molecule has 2 rings (SSSR count). The number of carbonyl (C=O) groups excluding carboxylic acids is 1. The van der Waals surface area contributed by atoms with Crippen LogP contribution in [-0.4, -0.2) is 13.1 Å². The highest BCUT2D eigenvalue weighted by molar-refractivity contribution is 6.33. The Morgan fingerprint density at radius 3 is 2.67 bits per heavy atom. The number of hydrogen-bond donors (Lipinski definition) is 1. The zero-order chi connectivity index (χ0) is 15.4. The second-order valence-electron chi connectivity index (χ2n) is 4.63. The van der Waals surface area contributed by atoms with Gasteiger partial charge in [-0.15, -0.1) is 0 Å². The molecule has 0 bridgehead atoms. The summed E-state index contributed by atoms with van der Waals surface area (Å²) in [7, 11) is 1.58. The predicted octanol–water partition coefficient (Wildman–Crippen LogP) is 3.60. The maximum atomic E-state index is 12.0. The molecule has 0 aliphatic carbocycles. The van der Waals surface area contributed by atoms with Gasteiger partial charge in [0.05, 0.1) is 23.4 Å². The highest BCUT2D eigenvalue weighted by Crippen LogP contribution is 2.23. The van der Waals surface area contributed by atoms with Gasteiger partial charge in [0.15, 0.2) is 0 Å². The zero-order valence-electron chi connectivity index (χ0n) is 11.9. The Labute approximate surface area is 128 Å². The van der Waals surface area contributed by atoms with Crippen molar-refractivity contribution in [2.75, 3.05) is 12.8 Å². The molecule has 0 radical (unpaired) electrons. The Morgan fingerprint density at radius 1 is 1.24 bits per heavy atom. The molecule has 0 aliphatic heterocycles. The molecule has 0 spiro atoms. The number of carbonyl (C=O) groups is 1. The van der Waals surface area contributed by atoms with Crippen molar-refractivity contribution in [3.8, 4) is 5.75 Å². The van der Waals surface area contributed by atoms with E-state index in [1.807, 2.05) is 25.1 Å². The largest absolute Gasteiger partial charge is 0.496 e. The van der Waals surface area contributed by atoms with Gasteiger partial charge < -0.3 is 15.2 Å². The lowest BCUT2D eigenvalue weighted by molar-refractivity contribution is 0.0470. The molecule has 110 valence electrons. The maximum Gasteiger partial charge on any atom is 0.338 e. The van der Waals surface area contributed by atoms with Crippen molar-refractivity contribution < 1.29 is 14.3 Å². The van der Waals surface area contributed by atoms with Crippen LogP contribution in [0.5, 0.6) is 5.75 Å². The lowest BCUT2D eigenvalue weighted by Crippen LogP contribution is -2.06. The first-order chi connectivity index (χ1) is 10.0. The van der Waals surface area contributed by atoms with Crippen molar-refractivity contribution in [1.29, 1.82) is 0 Å². The van der Waals surface area contributed by atoms with E-state index in [9.17, 15) is 4.79 Å². The van der Waals surface area contributed by atoms with Gasteiger partial charge in [-0.2, -0.15) is 0 Å². The number of halogens is 1. The summed E-state index contributed by atoms with van der Waals surface area (Å²) >= 11 is 5.89. The molecule has 0 saturated heterocycles. The van der Waals surface area contributed by atoms with Crippen LogP contribution in [0.1, 0.15) is 21.5 Å². The average Bonchev–Trinajstić information content (AvgIpc) is 2.47. The first-order valence-electron chi connectivity index (χ1n) is 6.37. The Morgan fingerprint density at radius 2 is 2.00 bits per heavy atom. The van der Waals surface area contributed by atoms with E-state index >= 15 is 0 Å². The van der Waals surface area contributed by atoms with Crippen molar-refractivity contribution in [3.05, 3.63) is 58.1 Å². The van der Waals surface area contributed by atoms with Crippen LogP contribution in [0.2, 0.25) is 5.02 Å². The molecule has 0 atom stereocenters. The molecular weight excluding hydrogens is 290 g/mol. The highest BCUT2D eigenvalue weighted by Gasteiger charge is 2.11. The predicted molar refractivity (Wildman–Crippen MR) is 82.7 cm³/mol. The minimum Gasteiger partial charge on any atom is -0.496 e. The zero-order valence-corrected chi connectivity index (χ0v) is 12.6. The Kier molecular flexibility index (Phi) is 4.70. The third-order valence-electron chi connectivity index (χ3n) is 3.03. The van der Waals surface area contributed by atoms with Gasteiger partial charge in [0.1, 0.15) is 12.4 Å². The summed E-state index contributed by atoms with van der Waals surface area (Å²) in [4.78, 5) is 12.0. The second kappa shape index (κ2) is 6.50. The molecule has 0 saturated carbocycles. The summed E-state index contributed by atoms with van der Waals surface area (Å²) in [5.74, 6) is 0.226. The fourth-order valence-corrected chi connectivity index (χ4v) is 2.08. The molecule has 0 heterocycles. The molecule has 2 aromatic rings. The lowest BCUT2D eigenvalue weighted by atomic mass is 10.1. The number of nitrogens with two attached hydrogens (primary N) is 1. The molecule has 21 heavy (non-hydrogen) atoms. The summed E-state index contributed by atoms with van der Waals surface area (Å²) in [6.45, 7) is 2.09. The Balaban J connectivity index is 2.10. The van der Waals surface area contributed by atoms with Crippen molar-refractivity contribution in [1.82, 2.24) is 0 Å². The lowest BCUT2D eigenvalue weighted by Gasteiger charge is -2.10. The third kappa shape index (κ3) is 3.67. The van der Waals surface area contributed by atoms with Crippen molar-refractivity contribution >= 4 is 23.3 Å². The topological polar surface area (TPSA) is 61.5 Å². The summed E-state index contributed by atoms with van der Waals surface area (Å²) in [5.41, 5.74) is 8.27. The SMILES string of the molecule is COc1ccc(C)cc1COC(=O)c1ccc(N)c(Cl)c1. The molecule has 0 fully saturated rings. The minimum absolute atomic E-state index is 0.131. The van der Waals surface area contributed by atoms with E-state index in [0.717, 1.165) is 11.1 Å². The van der Waals surface area contributed by atoms with Crippen molar-refractivity contribution in [2.24, 2.45) is 0 Å². The molecule has 2 N–H and O–H groups in total. The number of anilines is 1. The number of methoxy groups -OCH3 is 1. The second-order valence-corrected chi connectivity index (χ2v) is 5.03. The smallest absolute Gasteiger partial charge is 0.338 e. The Bertz CT molecular complexity index is 671. The summed E-state index contributed by atoms with van der Waals surface area (Å²) in [6, 6.07) is 10.3. The molecule has 4 nitrogen and oxygen atoms in total. The van der Waals surface area contributed by atoms with Crippen LogP contribution < -0.4 is 10.5 Å². The minimum atomic E-state index is -0.458. The van der Waals surface area contributed by atoms with Crippen molar-refractivity contribution in [3.63, 3.8) is 0 Å². The van der Waals surface area contributed by atoms with Gasteiger partial charge in [-0.3, -0.25) is 0 Å². The van der Waals surface area contributed by atoms with E-state index in [1.165, 1.54) is 6.07 Å². The van der Waals surface area contributed by atoms with Crippen LogP contribution in [0.3, 0.4) is 0 Å². The molecule has 0 aromatic heterocycles. The first-order valence-corrected chi connectivity index (χ1v) is 6.74. The summed E-state index contributed by atoms with van der Waals surface area (Å²) < 4.78 is 10.5. The fraction of sp³-hybridized carbons (Fsp3) is 0.188. The number of ether oxygens (including phenoxy) is 2. The van der Waals surface area contributed by atoms with Crippen molar-refractivity contribution in [2.45, 2.75) is 13.5 Å². The van der Waals surface area contributed by atoms with Gasteiger partial charge in [0.25, 0.3) is 0 Å². The molecule has 5 heteroatoms. The van der Waals surface area contributed by atoms with E-state index in [2.05, 4.69) is 0 Å². The van der Waals surface area contributed by atoms with E-state index in [1.54, 1.807) is 19.2 Å². The van der Waals surface area contributed by atoms with Crippen LogP contribution in [0.25, 0.3) is 0 Å². The van der Waals surface area contributed by atoms with Gasteiger partial charge in [-0.05, 0) is 37.3 Å². The first kappa shape index (κ1) is 15.2. The number of nitrogen functional groups attached to an aromatic ring is 1. The number of benzene rings is 2. The molecule has 0 aliphatic rings. The van der Waals surface area contributed by atoms with Gasteiger partial charge in [-0.25, -0.2) is 4.79 Å². The van der Waals surface area contributed by atoms with Gasteiger partial charge in [0, 0.05) is 5.56 Å². The van der Waals surface area contributed by atoms with Crippen LogP contribution in [0, 0.1) is 6.92 Å². The van der Waals surface area contributed by atoms with E-state index in [4.69, 9.17) is 26.8 Å². The Hall–Kier alpha value is -2.20. The molecule has 0 unspecified atom stereocenters.